The quantitative estimate of drug-likeness (QED) is 0.696. The van der Waals surface area contributed by atoms with Crippen LogP contribution >= 0.6 is 0 Å². The molecule has 0 bridgehead atoms. The van der Waals surface area contributed by atoms with Gasteiger partial charge in [0.1, 0.15) is 5.76 Å². The summed E-state index contributed by atoms with van der Waals surface area (Å²) in [5.74, 6) is 0.852. The summed E-state index contributed by atoms with van der Waals surface area (Å²) < 4.78 is 10.5. The lowest BCUT2D eigenvalue weighted by Crippen LogP contribution is -2.32. The van der Waals surface area contributed by atoms with Crippen LogP contribution in [0.25, 0.3) is 11.3 Å². The highest BCUT2D eigenvalue weighted by atomic mass is 16.5. The summed E-state index contributed by atoms with van der Waals surface area (Å²) in [7, 11) is 0. The maximum absolute atomic E-state index is 12.2. The van der Waals surface area contributed by atoms with Gasteiger partial charge in [-0.25, -0.2) is 0 Å². The van der Waals surface area contributed by atoms with E-state index < -0.39 is 0 Å². The third-order valence-corrected chi connectivity index (χ3v) is 3.68. The zero-order valence-corrected chi connectivity index (χ0v) is 13.0. The second-order valence-corrected chi connectivity index (χ2v) is 5.48. The van der Waals surface area contributed by atoms with Gasteiger partial charge in [0.25, 0.3) is 5.91 Å². The molecule has 1 unspecified atom stereocenters. The Kier molecular flexibility index (Phi) is 5.08. The van der Waals surface area contributed by atoms with Crippen LogP contribution in [0.5, 0.6) is 0 Å². The Bertz CT molecular complexity index is 765. The average molecular weight is 326 g/mol. The number of furan rings is 1. The Hall–Kier alpha value is -2.86. The number of aliphatic hydroxyl groups excluding tert-OH is 1. The molecule has 1 amide bonds. The van der Waals surface area contributed by atoms with Crippen molar-refractivity contribution in [2.24, 2.45) is 5.92 Å². The highest BCUT2D eigenvalue weighted by Gasteiger charge is 2.16. The summed E-state index contributed by atoms with van der Waals surface area (Å²) in [4.78, 5) is 12.2. The van der Waals surface area contributed by atoms with E-state index in [1.54, 1.807) is 18.4 Å². The average Bonchev–Trinajstić information content (AvgIpc) is 3.31. The van der Waals surface area contributed by atoms with Crippen molar-refractivity contribution in [3.05, 3.63) is 66.2 Å². The van der Waals surface area contributed by atoms with Crippen molar-refractivity contribution in [2.45, 2.75) is 6.42 Å². The molecule has 6 heteroatoms. The third kappa shape index (κ3) is 3.91. The Morgan fingerprint density at radius 2 is 2.04 bits per heavy atom. The first-order valence-corrected chi connectivity index (χ1v) is 7.70. The Labute approximate surface area is 139 Å². The molecule has 0 saturated heterocycles. The zero-order chi connectivity index (χ0) is 16.8. The molecule has 1 aromatic carbocycles. The lowest BCUT2D eigenvalue weighted by molar-refractivity contribution is 0.0930. The molecule has 0 fully saturated rings. The summed E-state index contributed by atoms with van der Waals surface area (Å²) in [6.45, 7) is 0.276. The predicted octanol–water partition coefficient (Wildman–Crippen LogP) is 2.52. The highest BCUT2D eigenvalue weighted by molar-refractivity contribution is 5.93. The standard InChI is InChI=1S/C18H18N2O4/c21-12-13(9-15-7-4-8-23-15)11-19-18(22)16-10-17(24-20-16)14-5-2-1-3-6-14/h1-8,10,13,21H,9,11-12H2,(H,19,22). The molecule has 3 aromatic rings. The minimum Gasteiger partial charge on any atom is -0.469 e. The van der Waals surface area contributed by atoms with Crippen molar-refractivity contribution in [3.8, 4) is 11.3 Å². The molecular weight excluding hydrogens is 308 g/mol. The van der Waals surface area contributed by atoms with E-state index in [4.69, 9.17) is 8.94 Å². The van der Waals surface area contributed by atoms with Crippen LogP contribution in [0.15, 0.2) is 63.7 Å². The first-order valence-electron chi connectivity index (χ1n) is 7.70. The second-order valence-electron chi connectivity index (χ2n) is 5.48. The van der Waals surface area contributed by atoms with Crippen LogP contribution in [0.2, 0.25) is 0 Å². The van der Waals surface area contributed by atoms with Crippen LogP contribution in [-0.2, 0) is 6.42 Å². The first kappa shape index (κ1) is 16.0. The van der Waals surface area contributed by atoms with Crippen molar-refractivity contribution in [1.82, 2.24) is 10.5 Å². The topological polar surface area (TPSA) is 88.5 Å². The molecule has 24 heavy (non-hydrogen) atoms. The Morgan fingerprint density at radius 3 is 2.75 bits per heavy atom. The predicted molar refractivity (Wildman–Crippen MR) is 87.3 cm³/mol. The van der Waals surface area contributed by atoms with Gasteiger partial charge in [0, 0.05) is 37.1 Å². The zero-order valence-electron chi connectivity index (χ0n) is 13.0. The van der Waals surface area contributed by atoms with Gasteiger partial charge in [-0.1, -0.05) is 35.5 Å². The van der Waals surface area contributed by atoms with Crippen LogP contribution in [0.3, 0.4) is 0 Å². The van der Waals surface area contributed by atoms with E-state index in [1.165, 1.54) is 0 Å². The van der Waals surface area contributed by atoms with E-state index in [1.807, 2.05) is 36.4 Å². The Balaban J connectivity index is 1.58. The smallest absolute Gasteiger partial charge is 0.273 e. The second kappa shape index (κ2) is 7.61. The van der Waals surface area contributed by atoms with Crippen molar-refractivity contribution in [1.29, 1.82) is 0 Å². The van der Waals surface area contributed by atoms with Gasteiger partial charge in [0.05, 0.1) is 6.26 Å². The molecule has 2 N–H and O–H groups in total. The number of nitrogens with zero attached hydrogens (tertiary/aromatic N) is 1. The van der Waals surface area contributed by atoms with Crippen LogP contribution in [0.4, 0.5) is 0 Å². The van der Waals surface area contributed by atoms with Gasteiger partial charge >= 0.3 is 0 Å². The molecular formula is C18H18N2O4. The largest absolute Gasteiger partial charge is 0.469 e. The summed E-state index contributed by atoms with van der Waals surface area (Å²) in [5, 5.41) is 16.0. The molecule has 2 heterocycles. The number of benzene rings is 1. The van der Waals surface area contributed by atoms with E-state index in [9.17, 15) is 9.90 Å². The fraction of sp³-hybridized carbons (Fsp3) is 0.222. The van der Waals surface area contributed by atoms with E-state index in [-0.39, 0.29) is 24.1 Å². The van der Waals surface area contributed by atoms with Crippen molar-refractivity contribution < 1.29 is 18.8 Å². The molecule has 124 valence electrons. The summed E-state index contributed by atoms with van der Waals surface area (Å²) in [6.07, 6.45) is 2.14. The number of carbonyl (C=O) groups excluding carboxylic acids is 1. The maximum atomic E-state index is 12.2. The summed E-state index contributed by atoms with van der Waals surface area (Å²) >= 11 is 0. The van der Waals surface area contributed by atoms with E-state index in [0.717, 1.165) is 11.3 Å². The molecule has 2 aromatic heterocycles. The van der Waals surface area contributed by atoms with Crippen molar-refractivity contribution >= 4 is 5.91 Å². The maximum Gasteiger partial charge on any atom is 0.273 e. The molecule has 0 aliphatic rings. The van der Waals surface area contributed by atoms with Gasteiger partial charge in [-0.05, 0) is 12.1 Å². The van der Waals surface area contributed by atoms with E-state index >= 15 is 0 Å². The number of aliphatic hydroxyl groups is 1. The summed E-state index contributed by atoms with van der Waals surface area (Å²) in [6, 6.07) is 14.7. The van der Waals surface area contributed by atoms with Gasteiger partial charge in [-0.3, -0.25) is 4.79 Å². The van der Waals surface area contributed by atoms with Crippen LogP contribution < -0.4 is 5.32 Å². The molecule has 0 spiro atoms. The molecule has 1 atom stereocenters. The summed E-state index contributed by atoms with van der Waals surface area (Å²) in [5.41, 5.74) is 1.07. The number of amides is 1. The minimum atomic E-state index is -0.334. The number of nitrogens with one attached hydrogen (secondary N) is 1. The molecule has 0 aliphatic carbocycles. The van der Waals surface area contributed by atoms with Gasteiger partial charge in [-0.2, -0.15) is 0 Å². The number of carbonyl (C=O) groups is 1. The van der Waals surface area contributed by atoms with E-state index in [2.05, 4.69) is 10.5 Å². The lowest BCUT2D eigenvalue weighted by atomic mass is 10.1. The monoisotopic (exact) mass is 326 g/mol. The fourth-order valence-corrected chi connectivity index (χ4v) is 2.36. The van der Waals surface area contributed by atoms with Crippen LogP contribution in [0, 0.1) is 5.92 Å². The normalized spacial score (nSPS) is 12.0. The molecule has 0 aliphatic heterocycles. The van der Waals surface area contributed by atoms with Crippen LogP contribution in [0.1, 0.15) is 16.2 Å². The highest BCUT2D eigenvalue weighted by Crippen LogP contribution is 2.19. The molecule has 0 radical (unpaired) electrons. The lowest BCUT2D eigenvalue weighted by Gasteiger charge is -2.12. The molecule has 3 rings (SSSR count). The molecule has 0 saturated carbocycles. The minimum absolute atomic E-state index is 0.0466. The van der Waals surface area contributed by atoms with Crippen molar-refractivity contribution in [2.75, 3.05) is 13.2 Å². The van der Waals surface area contributed by atoms with Gasteiger partial charge in [-0.15, -0.1) is 0 Å². The number of hydrogen-bond donors (Lipinski definition) is 2. The van der Waals surface area contributed by atoms with Gasteiger partial charge in [0.2, 0.25) is 0 Å². The SMILES string of the molecule is O=C(NCC(CO)Cc1ccco1)c1cc(-c2ccccc2)on1. The third-order valence-electron chi connectivity index (χ3n) is 3.68. The Morgan fingerprint density at radius 1 is 1.21 bits per heavy atom. The first-order chi connectivity index (χ1) is 11.8. The van der Waals surface area contributed by atoms with Gasteiger partial charge in [0.15, 0.2) is 11.5 Å². The van der Waals surface area contributed by atoms with E-state index in [0.29, 0.717) is 18.7 Å². The van der Waals surface area contributed by atoms with Crippen LogP contribution in [-0.4, -0.2) is 29.3 Å². The fourth-order valence-electron chi connectivity index (χ4n) is 2.36. The van der Waals surface area contributed by atoms with Crippen molar-refractivity contribution in [3.63, 3.8) is 0 Å². The van der Waals surface area contributed by atoms with Gasteiger partial charge < -0.3 is 19.4 Å². The number of rotatable bonds is 7. The molecule has 6 nitrogen and oxygen atoms in total. The number of hydrogen-bond acceptors (Lipinski definition) is 5. The number of aromatic nitrogens is 1.